The molecule has 100 valence electrons. The molecule has 1 aromatic carbocycles. The second-order valence-corrected chi connectivity index (χ2v) is 5.44. The minimum absolute atomic E-state index is 0.0990. The van der Waals surface area contributed by atoms with Crippen LogP contribution in [0, 0.1) is 0 Å². The molecular formula is C14H20ClNO2. The number of hydrogen-bond acceptors (Lipinski definition) is 3. The molecule has 0 aromatic heterocycles. The van der Waals surface area contributed by atoms with E-state index in [1.165, 1.54) is 0 Å². The van der Waals surface area contributed by atoms with Gasteiger partial charge >= 0.3 is 0 Å². The van der Waals surface area contributed by atoms with Crippen molar-refractivity contribution >= 4 is 11.6 Å². The number of halogens is 1. The SMILES string of the molecule is COc1ccc2c(c1Cl)CCC(NC(C)C)C2O. The lowest BCUT2D eigenvalue weighted by atomic mass is 9.85. The van der Waals surface area contributed by atoms with Gasteiger partial charge in [-0.3, -0.25) is 0 Å². The molecule has 0 saturated heterocycles. The molecule has 0 radical (unpaired) electrons. The van der Waals surface area contributed by atoms with Crippen LogP contribution in [-0.2, 0) is 6.42 Å². The fraction of sp³-hybridized carbons (Fsp3) is 0.571. The average molecular weight is 270 g/mol. The lowest BCUT2D eigenvalue weighted by Crippen LogP contribution is -2.42. The van der Waals surface area contributed by atoms with Gasteiger partial charge < -0.3 is 15.2 Å². The van der Waals surface area contributed by atoms with Crippen LogP contribution in [0.4, 0.5) is 0 Å². The van der Waals surface area contributed by atoms with E-state index in [0.717, 1.165) is 24.0 Å². The molecule has 2 N–H and O–H groups in total. The monoisotopic (exact) mass is 269 g/mol. The van der Waals surface area contributed by atoms with Crippen LogP contribution in [0.25, 0.3) is 0 Å². The highest BCUT2D eigenvalue weighted by molar-refractivity contribution is 6.33. The number of benzene rings is 1. The molecule has 1 aliphatic carbocycles. The van der Waals surface area contributed by atoms with Crippen molar-refractivity contribution < 1.29 is 9.84 Å². The van der Waals surface area contributed by atoms with Gasteiger partial charge in [-0.2, -0.15) is 0 Å². The van der Waals surface area contributed by atoms with Gasteiger partial charge in [0.1, 0.15) is 5.75 Å². The summed E-state index contributed by atoms with van der Waals surface area (Å²) in [4.78, 5) is 0. The predicted octanol–water partition coefficient (Wildman–Crippen LogP) is 2.69. The maximum atomic E-state index is 10.4. The third-order valence-corrected chi connectivity index (χ3v) is 3.83. The van der Waals surface area contributed by atoms with E-state index in [-0.39, 0.29) is 6.04 Å². The third kappa shape index (κ3) is 2.48. The number of rotatable bonds is 3. The Labute approximate surface area is 113 Å². The molecule has 4 heteroatoms. The topological polar surface area (TPSA) is 41.5 Å². The van der Waals surface area contributed by atoms with Crippen LogP contribution in [0.1, 0.15) is 37.5 Å². The predicted molar refractivity (Wildman–Crippen MR) is 73.3 cm³/mol. The van der Waals surface area contributed by atoms with Crippen LogP contribution < -0.4 is 10.1 Å². The van der Waals surface area contributed by atoms with Gasteiger partial charge in [0.15, 0.2) is 0 Å². The summed E-state index contributed by atoms with van der Waals surface area (Å²) >= 11 is 6.29. The van der Waals surface area contributed by atoms with Gasteiger partial charge in [-0.25, -0.2) is 0 Å². The van der Waals surface area contributed by atoms with Crippen LogP contribution in [0.5, 0.6) is 5.75 Å². The van der Waals surface area contributed by atoms with Gasteiger partial charge in [-0.05, 0) is 30.0 Å². The maximum absolute atomic E-state index is 10.4. The smallest absolute Gasteiger partial charge is 0.137 e. The molecule has 2 unspecified atom stereocenters. The summed E-state index contributed by atoms with van der Waals surface area (Å²) in [7, 11) is 1.61. The Morgan fingerprint density at radius 2 is 2.17 bits per heavy atom. The van der Waals surface area contributed by atoms with Gasteiger partial charge in [0.2, 0.25) is 0 Å². The molecule has 3 nitrogen and oxygen atoms in total. The molecule has 1 aromatic rings. The van der Waals surface area contributed by atoms with Crippen molar-refractivity contribution in [3.63, 3.8) is 0 Å². The molecule has 0 heterocycles. The largest absolute Gasteiger partial charge is 0.495 e. The first-order valence-corrected chi connectivity index (χ1v) is 6.71. The van der Waals surface area contributed by atoms with E-state index < -0.39 is 6.10 Å². The summed E-state index contributed by atoms with van der Waals surface area (Å²) in [6.45, 7) is 4.17. The number of aliphatic hydroxyl groups is 1. The van der Waals surface area contributed by atoms with Crippen molar-refractivity contribution in [2.75, 3.05) is 7.11 Å². The van der Waals surface area contributed by atoms with Crippen molar-refractivity contribution in [2.45, 2.75) is 44.9 Å². The number of nitrogens with one attached hydrogen (secondary N) is 1. The minimum atomic E-state index is -0.500. The molecule has 0 amide bonds. The Balaban J connectivity index is 2.30. The minimum Gasteiger partial charge on any atom is -0.495 e. The Bertz CT molecular complexity index is 434. The lowest BCUT2D eigenvalue weighted by Gasteiger charge is -2.33. The molecule has 0 aliphatic heterocycles. The molecule has 0 fully saturated rings. The van der Waals surface area contributed by atoms with Crippen LogP contribution in [0.2, 0.25) is 5.02 Å². The quantitative estimate of drug-likeness (QED) is 0.887. The number of aliphatic hydroxyl groups excluding tert-OH is 1. The molecule has 2 atom stereocenters. The van der Waals surface area contributed by atoms with Gasteiger partial charge in [-0.15, -0.1) is 0 Å². The number of ether oxygens (including phenoxy) is 1. The molecule has 0 saturated carbocycles. The standard InChI is InChI=1S/C14H20ClNO2/c1-8(2)16-11-6-4-9-10(14(11)17)5-7-12(18-3)13(9)15/h5,7-8,11,14,16-17H,4,6H2,1-3H3. The van der Waals surface area contributed by atoms with Gasteiger partial charge in [0, 0.05) is 12.1 Å². The van der Waals surface area contributed by atoms with Gasteiger partial charge in [-0.1, -0.05) is 31.5 Å². The van der Waals surface area contributed by atoms with Crippen molar-refractivity contribution in [1.29, 1.82) is 0 Å². The summed E-state index contributed by atoms with van der Waals surface area (Å²) in [5.74, 6) is 0.679. The van der Waals surface area contributed by atoms with Crippen molar-refractivity contribution in [3.8, 4) is 5.75 Å². The van der Waals surface area contributed by atoms with E-state index >= 15 is 0 Å². The van der Waals surface area contributed by atoms with E-state index in [0.29, 0.717) is 16.8 Å². The summed E-state index contributed by atoms with van der Waals surface area (Å²) < 4.78 is 5.21. The lowest BCUT2D eigenvalue weighted by molar-refractivity contribution is 0.110. The van der Waals surface area contributed by atoms with Crippen LogP contribution in [0.3, 0.4) is 0 Å². The van der Waals surface area contributed by atoms with E-state index in [1.54, 1.807) is 7.11 Å². The van der Waals surface area contributed by atoms with Crippen LogP contribution in [0.15, 0.2) is 12.1 Å². The molecule has 18 heavy (non-hydrogen) atoms. The van der Waals surface area contributed by atoms with Gasteiger partial charge in [0.25, 0.3) is 0 Å². The third-order valence-electron chi connectivity index (χ3n) is 3.42. The van der Waals surface area contributed by atoms with Crippen molar-refractivity contribution in [2.24, 2.45) is 0 Å². The highest BCUT2D eigenvalue weighted by atomic mass is 35.5. The van der Waals surface area contributed by atoms with E-state index in [4.69, 9.17) is 16.3 Å². The summed E-state index contributed by atoms with van der Waals surface area (Å²) in [5.41, 5.74) is 1.94. The van der Waals surface area contributed by atoms with E-state index in [9.17, 15) is 5.11 Å². The number of hydrogen-bond donors (Lipinski definition) is 2. The molecule has 2 rings (SSSR count). The van der Waals surface area contributed by atoms with Crippen molar-refractivity contribution in [3.05, 3.63) is 28.3 Å². The Morgan fingerprint density at radius 3 is 2.78 bits per heavy atom. The molecule has 0 bridgehead atoms. The van der Waals surface area contributed by atoms with E-state index in [1.807, 2.05) is 12.1 Å². The average Bonchev–Trinajstić information content (AvgIpc) is 2.33. The zero-order chi connectivity index (χ0) is 13.3. The Kier molecular flexibility index (Phi) is 4.15. The Hall–Kier alpha value is -0.770. The van der Waals surface area contributed by atoms with Crippen LogP contribution in [-0.4, -0.2) is 24.3 Å². The number of fused-ring (bicyclic) bond motifs is 1. The first-order chi connectivity index (χ1) is 8.54. The molecular weight excluding hydrogens is 250 g/mol. The first kappa shape index (κ1) is 13.7. The maximum Gasteiger partial charge on any atom is 0.137 e. The zero-order valence-electron chi connectivity index (χ0n) is 11.0. The zero-order valence-corrected chi connectivity index (χ0v) is 11.8. The second-order valence-electron chi connectivity index (χ2n) is 5.06. The molecule has 0 spiro atoms. The fourth-order valence-electron chi connectivity index (χ4n) is 2.58. The Morgan fingerprint density at radius 1 is 1.44 bits per heavy atom. The van der Waals surface area contributed by atoms with Crippen molar-refractivity contribution in [1.82, 2.24) is 5.32 Å². The number of methoxy groups -OCH3 is 1. The van der Waals surface area contributed by atoms with E-state index in [2.05, 4.69) is 19.2 Å². The summed E-state index contributed by atoms with van der Waals surface area (Å²) in [6, 6.07) is 4.20. The highest BCUT2D eigenvalue weighted by Crippen LogP contribution is 2.39. The fourth-order valence-corrected chi connectivity index (χ4v) is 2.92. The first-order valence-electron chi connectivity index (χ1n) is 6.34. The van der Waals surface area contributed by atoms with Gasteiger partial charge in [0.05, 0.1) is 18.2 Å². The normalized spacial score (nSPS) is 23.0. The van der Waals surface area contributed by atoms with Crippen LogP contribution >= 0.6 is 11.6 Å². The molecule has 1 aliphatic rings. The summed E-state index contributed by atoms with van der Waals surface area (Å²) in [5, 5.41) is 14.4. The second kappa shape index (κ2) is 5.47. The summed E-state index contributed by atoms with van der Waals surface area (Å²) in [6.07, 6.45) is 1.26. The highest BCUT2D eigenvalue weighted by Gasteiger charge is 2.30.